The van der Waals surface area contributed by atoms with E-state index in [1.165, 1.54) is 0 Å². The van der Waals surface area contributed by atoms with Crippen LogP contribution in [0.5, 0.6) is 0 Å². The Morgan fingerprint density at radius 2 is 2.25 bits per heavy atom. The third kappa shape index (κ3) is 3.55. The quantitative estimate of drug-likeness (QED) is 0.902. The molecule has 1 aromatic carbocycles. The Labute approximate surface area is 141 Å². The maximum atomic E-state index is 12.5. The first-order valence-electron chi connectivity index (χ1n) is 8.33. The molecule has 0 unspecified atom stereocenters. The van der Waals surface area contributed by atoms with E-state index in [2.05, 4.69) is 5.32 Å². The Balaban J connectivity index is 1.66. The van der Waals surface area contributed by atoms with Gasteiger partial charge in [-0.3, -0.25) is 0 Å². The first kappa shape index (κ1) is 16.8. The molecule has 0 aliphatic carbocycles. The highest BCUT2D eigenvalue weighted by Crippen LogP contribution is 2.24. The summed E-state index contributed by atoms with van der Waals surface area (Å²) >= 11 is 0. The standard InChI is InChI=1S/C18H24N2O4/c1-12(21)9-14-11-23-8-7-20(14)18(22)19-10-17-13(2)15-5-3-4-6-16(15)24-17/h3-6,12,14,21H,7-11H2,1-2H3,(H,19,22)/t12-,14-/m1/s1. The van der Waals surface area contributed by atoms with Crippen LogP contribution in [-0.2, 0) is 11.3 Å². The Bertz CT molecular complexity index is 710. The van der Waals surface area contributed by atoms with Gasteiger partial charge in [-0.1, -0.05) is 18.2 Å². The highest BCUT2D eigenvalue weighted by molar-refractivity contribution is 5.82. The van der Waals surface area contributed by atoms with Crippen molar-refractivity contribution in [2.75, 3.05) is 19.8 Å². The summed E-state index contributed by atoms with van der Waals surface area (Å²) in [5.41, 5.74) is 1.88. The molecule has 1 saturated heterocycles. The molecule has 2 heterocycles. The first-order valence-corrected chi connectivity index (χ1v) is 8.33. The molecule has 6 nitrogen and oxygen atoms in total. The summed E-state index contributed by atoms with van der Waals surface area (Å²) in [6.07, 6.45) is 0.0431. The zero-order valence-corrected chi connectivity index (χ0v) is 14.1. The molecular weight excluding hydrogens is 308 g/mol. The average Bonchev–Trinajstić information content (AvgIpc) is 2.89. The summed E-state index contributed by atoms with van der Waals surface area (Å²) in [5.74, 6) is 0.768. The van der Waals surface area contributed by atoms with Crippen molar-refractivity contribution >= 4 is 17.0 Å². The van der Waals surface area contributed by atoms with Gasteiger partial charge >= 0.3 is 6.03 Å². The van der Waals surface area contributed by atoms with Crippen molar-refractivity contribution in [2.24, 2.45) is 0 Å². The summed E-state index contributed by atoms with van der Waals surface area (Å²) in [4.78, 5) is 14.3. The lowest BCUT2D eigenvalue weighted by molar-refractivity contribution is -0.00444. The Morgan fingerprint density at radius 1 is 1.46 bits per heavy atom. The fourth-order valence-electron chi connectivity index (χ4n) is 3.16. The van der Waals surface area contributed by atoms with Crippen molar-refractivity contribution in [1.82, 2.24) is 10.2 Å². The molecule has 0 radical (unpaired) electrons. The molecule has 6 heteroatoms. The van der Waals surface area contributed by atoms with Gasteiger partial charge in [-0.2, -0.15) is 0 Å². The molecule has 2 aromatic rings. The van der Waals surface area contributed by atoms with Crippen LogP contribution in [0.1, 0.15) is 24.7 Å². The van der Waals surface area contributed by atoms with Crippen molar-refractivity contribution in [3.63, 3.8) is 0 Å². The number of aryl methyl sites for hydroxylation is 1. The van der Waals surface area contributed by atoms with Gasteiger partial charge in [0.25, 0.3) is 0 Å². The first-order chi connectivity index (χ1) is 11.6. The van der Waals surface area contributed by atoms with Crippen LogP contribution in [0.4, 0.5) is 4.79 Å². The lowest BCUT2D eigenvalue weighted by atomic mass is 10.1. The van der Waals surface area contributed by atoms with E-state index < -0.39 is 6.10 Å². The Hall–Kier alpha value is -2.05. The van der Waals surface area contributed by atoms with Gasteiger partial charge in [0.15, 0.2) is 0 Å². The number of carbonyl (C=O) groups is 1. The number of morpholine rings is 1. The third-order valence-corrected chi connectivity index (χ3v) is 4.44. The van der Waals surface area contributed by atoms with Gasteiger partial charge in [0, 0.05) is 17.5 Å². The number of nitrogens with zero attached hydrogens (tertiary/aromatic N) is 1. The van der Waals surface area contributed by atoms with Crippen LogP contribution in [-0.4, -0.2) is 47.9 Å². The van der Waals surface area contributed by atoms with Crippen molar-refractivity contribution in [3.05, 3.63) is 35.6 Å². The van der Waals surface area contributed by atoms with Crippen LogP contribution in [0, 0.1) is 6.92 Å². The van der Waals surface area contributed by atoms with E-state index in [-0.39, 0.29) is 12.1 Å². The van der Waals surface area contributed by atoms with Gasteiger partial charge in [-0.05, 0) is 26.3 Å². The van der Waals surface area contributed by atoms with E-state index in [1.54, 1.807) is 11.8 Å². The lowest BCUT2D eigenvalue weighted by Gasteiger charge is -2.36. The number of urea groups is 1. The van der Waals surface area contributed by atoms with E-state index >= 15 is 0 Å². The SMILES string of the molecule is Cc1c(CNC(=O)N2CCOC[C@H]2C[C@@H](C)O)oc2ccccc12. The zero-order valence-electron chi connectivity index (χ0n) is 14.1. The minimum absolute atomic E-state index is 0.101. The summed E-state index contributed by atoms with van der Waals surface area (Å²) in [6.45, 7) is 5.58. The fraction of sp³-hybridized carbons (Fsp3) is 0.500. The van der Waals surface area contributed by atoms with Crippen LogP contribution in [0.25, 0.3) is 11.0 Å². The van der Waals surface area contributed by atoms with Crippen LogP contribution >= 0.6 is 0 Å². The van der Waals surface area contributed by atoms with Gasteiger partial charge in [-0.25, -0.2) is 4.79 Å². The molecule has 2 amide bonds. The topological polar surface area (TPSA) is 74.9 Å². The molecule has 0 spiro atoms. The van der Waals surface area contributed by atoms with Gasteiger partial charge in [0.1, 0.15) is 11.3 Å². The molecule has 1 aliphatic heterocycles. The van der Waals surface area contributed by atoms with Crippen molar-refractivity contribution in [2.45, 2.75) is 39.0 Å². The second-order valence-corrected chi connectivity index (χ2v) is 6.31. The monoisotopic (exact) mass is 332 g/mol. The van der Waals surface area contributed by atoms with Crippen molar-refractivity contribution in [1.29, 1.82) is 0 Å². The summed E-state index contributed by atoms with van der Waals surface area (Å²) in [6, 6.07) is 7.59. The molecule has 2 atom stereocenters. The summed E-state index contributed by atoms with van der Waals surface area (Å²) < 4.78 is 11.3. The van der Waals surface area contributed by atoms with Crippen LogP contribution in [0.15, 0.2) is 28.7 Å². The van der Waals surface area contributed by atoms with Gasteiger partial charge in [0.2, 0.25) is 0 Å². The Morgan fingerprint density at radius 3 is 3.00 bits per heavy atom. The minimum atomic E-state index is -0.468. The number of para-hydroxylation sites is 1. The number of rotatable bonds is 4. The van der Waals surface area contributed by atoms with Crippen LogP contribution in [0.3, 0.4) is 0 Å². The molecule has 2 N–H and O–H groups in total. The second kappa shape index (κ2) is 7.23. The van der Waals surface area contributed by atoms with E-state index in [1.807, 2.05) is 31.2 Å². The number of carbonyl (C=O) groups excluding carboxylic acids is 1. The maximum Gasteiger partial charge on any atom is 0.318 e. The molecule has 0 bridgehead atoms. The number of ether oxygens (including phenoxy) is 1. The van der Waals surface area contributed by atoms with E-state index in [0.717, 1.165) is 22.3 Å². The van der Waals surface area contributed by atoms with Gasteiger partial charge < -0.3 is 24.5 Å². The largest absolute Gasteiger partial charge is 0.459 e. The number of aliphatic hydroxyl groups excluding tert-OH is 1. The number of hydrogen-bond donors (Lipinski definition) is 2. The van der Waals surface area contributed by atoms with E-state index in [9.17, 15) is 9.90 Å². The Kier molecular flexibility index (Phi) is 5.06. The number of fused-ring (bicyclic) bond motifs is 1. The molecule has 3 rings (SSSR count). The zero-order chi connectivity index (χ0) is 17.1. The number of hydrogen-bond acceptors (Lipinski definition) is 4. The predicted octanol–water partition coefficient (Wildman–Crippen LogP) is 2.42. The second-order valence-electron chi connectivity index (χ2n) is 6.31. The number of benzene rings is 1. The maximum absolute atomic E-state index is 12.5. The molecule has 0 saturated carbocycles. The summed E-state index contributed by atoms with van der Waals surface area (Å²) in [5, 5.41) is 13.6. The number of nitrogens with one attached hydrogen (secondary N) is 1. The number of aliphatic hydroxyl groups is 1. The van der Waals surface area contributed by atoms with Crippen LogP contribution < -0.4 is 5.32 Å². The highest BCUT2D eigenvalue weighted by Gasteiger charge is 2.28. The average molecular weight is 332 g/mol. The minimum Gasteiger partial charge on any atom is -0.459 e. The molecule has 130 valence electrons. The smallest absolute Gasteiger partial charge is 0.318 e. The highest BCUT2D eigenvalue weighted by atomic mass is 16.5. The van der Waals surface area contributed by atoms with Crippen LogP contribution in [0.2, 0.25) is 0 Å². The normalized spacial score (nSPS) is 19.5. The molecule has 1 aliphatic rings. The lowest BCUT2D eigenvalue weighted by Crippen LogP contribution is -2.53. The van der Waals surface area contributed by atoms with Crippen molar-refractivity contribution < 1.29 is 19.1 Å². The summed E-state index contributed by atoms with van der Waals surface area (Å²) in [7, 11) is 0. The van der Waals surface area contributed by atoms with E-state index in [0.29, 0.717) is 32.7 Å². The number of amides is 2. The predicted molar refractivity (Wildman–Crippen MR) is 90.8 cm³/mol. The third-order valence-electron chi connectivity index (χ3n) is 4.44. The molecule has 1 fully saturated rings. The molecular formula is C18H24N2O4. The fourth-order valence-corrected chi connectivity index (χ4v) is 3.16. The number of furan rings is 1. The van der Waals surface area contributed by atoms with Crippen molar-refractivity contribution in [3.8, 4) is 0 Å². The van der Waals surface area contributed by atoms with Gasteiger partial charge in [0.05, 0.1) is 31.9 Å². The van der Waals surface area contributed by atoms with Gasteiger partial charge in [-0.15, -0.1) is 0 Å². The molecule has 24 heavy (non-hydrogen) atoms. The van der Waals surface area contributed by atoms with E-state index in [4.69, 9.17) is 9.15 Å². The molecule has 1 aromatic heterocycles.